The number of aryl methyl sites for hydroxylation is 1. The minimum absolute atomic E-state index is 0.0333. The molecule has 1 amide bonds. The molecule has 20 heavy (non-hydrogen) atoms. The third-order valence-electron chi connectivity index (χ3n) is 3.33. The van der Waals surface area contributed by atoms with Crippen molar-refractivity contribution in [1.82, 2.24) is 5.32 Å². The predicted octanol–water partition coefficient (Wildman–Crippen LogP) is 1.66. The Hall–Kier alpha value is -1.35. The van der Waals surface area contributed by atoms with Crippen molar-refractivity contribution in [3.05, 3.63) is 21.4 Å². The van der Waals surface area contributed by atoms with Crippen molar-refractivity contribution >= 4 is 17.2 Å². The van der Waals surface area contributed by atoms with Crippen molar-refractivity contribution in [2.45, 2.75) is 38.8 Å². The zero-order chi connectivity index (χ0) is 14.5. The second-order valence-electron chi connectivity index (χ2n) is 4.94. The maximum atomic E-state index is 12.2. The highest BCUT2D eigenvalue weighted by Crippen LogP contribution is 2.22. The van der Waals surface area contributed by atoms with Crippen LogP contribution in [0.5, 0.6) is 0 Å². The van der Waals surface area contributed by atoms with Gasteiger partial charge in [0, 0.05) is 6.61 Å². The second-order valence-corrected chi connectivity index (χ2v) is 5.99. The first-order valence-electron chi connectivity index (χ1n) is 6.83. The Bertz CT molecular complexity index is 536. The fourth-order valence-corrected chi connectivity index (χ4v) is 3.17. The smallest absolute Gasteiger partial charge is 0.261 e. The van der Waals surface area contributed by atoms with Crippen molar-refractivity contribution < 1.29 is 9.53 Å². The van der Waals surface area contributed by atoms with E-state index in [-0.39, 0.29) is 18.1 Å². The molecule has 0 spiro atoms. The summed E-state index contributed by atoms with van der Waals surface area (Å²) in [6, 6.07) is 1.91. The molecular formula is C15H20N2O2S. The monoisotopic (exact) mass is 292 g/mol. The first kappa shape index (κ1) is 15.0. The van der Waals surface area contributed by atoms with Crippen LogP contribution < -0.4 is 11.1 Å². The van der Waals surface area contributed by atoms with E-state index in [4.69, 9.17) is 10.5 Å². The van der Waals surface area contributed by atoms with Crippen LogP contribution in [0.3, 0.4) is 0 Å². The van der Waals surface area contributed by atoms with Crippen LogP contribution in [0.2, 0.25) is 0 Å². The zero-order valence-electron chi connectivity index (χ0n) is 11.9. The Labute approximate surface area is 123 Å². The first-order chi connectivity index (χ1) is 9.61. The number of hydrogen-bond acceptors (Lipinski definition) is 4. The molecule has 2 rings (SSSR count). The van der Waals surface area contributed by atoms with Crippen molar-refractivity contribution in [2.75, 3.05) is 13.2 Å². The molecule has 5 heteroatoms. The molecule has 1 aliphatic heterocycles. The highest BCUT2D eigenvalue weighted by Gasteiger charge is 2.24. The van der Waals surface area contributed by atoms with Gasteiger partial charge in [0.1, 0.15) is 0 Å². The summed E-state index contributed by atoms with van der Waals surface area (Å²) in [4.78, 5) is 13.8. The first-order valence-corrected chi connectivity index (χ1v) is 7.65. The van der Waals surface area contributed by atoms with E-state index in [0.717, 1.165) is 29.9 Å². The molecule has 2 heterocycles. The summed E-state index contributed by atoms with van der Waals surface area (Å²) < 4.78 is 5.59. The molecule has 0 saturated carbocycles. The third-order valence-corrected chi connectivity index (χ3v) is 4.48. The summed E-state index contributed by atoms with van der Waals surface area (Å²) in [5, 5.41) is 3.01. The molecular weight excluding hydrogens is 272 g/mol. The van der Waals surface area contributed by atoms with E-state index in [1.165, 1.54) is 11.3 Å². The Balaban J connectivity index is 2.01. The number of nitrogens with two attached hydrogens (primary N) is 1. The van der Waals surface area contributed by atoms with E-state index in [9.17, 15) is 4.79 Å². The SMILES string of the molecule is Cc1cc(C(=O)NC(C)C2CCCO2)sc1C#CCN. The minimum Gasteiger partial charge on any atom is -0.376 e. The van der Waals surface area contributed by atoms with E-state index < -0.39 is 0 Å². The highest BCUT2D eigenvalue weighted by molar-refractivity contribution is 7.14. The number of ether oxygens (including phenoxy) is 1. The van der Waals surface area contributed by atoms with E-state index >= 15 is 0 Å². The van der Waals surface area contributed by atoms with Gasteiger partial charge in [-0.2, -0.15) is 0 Å². The number of nitrogens with one attached hydrogen (secondary N) is 1. The van der Waals surface area contributed by atoms with Gasteiger partial charge in [0.25, 0.3) is 5.91 Å². The molecule has 108 valence electrons. The van der Waals surface area contributed by atoms with Crippen molar-refractivity contribution in [3.63, 3.8) is 0 Å². The molecule has 1 aromatic rings. The average molecular weight is 292 g/mol. The van der Waals surface area contributed by atoms with Crippen LogP contribution in [0, 0.1) is 18.8 Å². The normalized spacial score (nSPS) is 19.2. The largest absolute Gasteiger partial charge is 0.376 e. The van der Waals surface area contributed by atoms with Crippen LogP contribution in [0.15, 0.2) is 6.07 Å². The summed E-state index contributed by atoms with van der Waals surface area (Å²) >= 11 is 1.41. The van der Waals surface area contributed by atoms with Crippen LogP contribution in [-0.2, 0) is 4.74 Å². The van der Waals surface area contributed by atoms with Gasteiger partial charge >= 0.3 is 0 Å². The van der Waals surface area contributed by atoms with E-state index in [1.807, 2.05) is 19.9 Å². The van der Waals surface area contributed by atoms with Crippen LogP contribution in [0.25, 0.3) is 0 Å². The van der Waals surface area contributed by atoms with Crippen molar-refractivity contribution in [2.24, 2.45) is 5.73 Å². The number of carbonyl (C=O) groups excluding carboxylic acids is 1. The van der Waals surface area contributed by atoms with Gasteiger partial charge in [-0.25, -0.2) is 0 Å². The van der Waals surface area contributed by atoms with Crippen molar-refractivity contribution in [3.8, 4) is 11.8 Å². The topological polar surface area (TPSA) is 64.3 Å². The Morgan fingerprint density at radius 1 is 1.70 bits per heavy atom. The summed E-state index contributed by atoms with van der Waals surface area (Å²) in [6.07, 6.45) is 2.22. The average Bonchev–Trinajstić information content (AvgIpc) is 3.06. The molecule has 1 aliphatic rings. The fraction of sp³-hybridized carbons (Fsp3) is 0.533. The van der Waals surface area contributed by atoms with Gasteiger partial charge in [-0.3, -0.25) is 4.79 Å². The molecule has 4 nitrogen and oxygen atoms in total. The third kappa shape index (κ3) is 3.60. The Morgan fingerprint density at radius 2 is 2.50 bits per heavy atom. The fourth-order valence-electron chi connectivity index (χ4n) is 2.22. The number of hydrogen-bond donors (Lipinski definition) is 2. The summed E-state index contributed by atoms with van der Waals surface area (Å²) in [5.74, 6) is 5.76. The van der Waals surface area contributed by atoms with Gasteiger partial charge in [0.15, 0.2) is 0 Å². The lowest BCUT2D eigenvalue weighted by Gasteiger charge is -2.19. The van der Waals surface area contributed by atoms with Gasteiger partial charge in [0.05, 0.1) is 28.4 Å². The number of carbonyl (C=O) groups is 1. The molecule has 2 unspecified atom stereocenters. The number of rotatable bonds is 3. The van der Waals surface area contributed by atoms with Gasteiger partial charge in [-0.05, 0) is 38.3 Å². The van der Waals surface area contributed by atoms with Crippen LogP contribution in [0.4, 0.5) is 0 Å². The van der Waals surface area contributed by atoms with E-state index in [2.05, 4.69) is 17.2 Å². The number of amides is 1. The predicted molar refractivity (Wildman–Crippen MR) is 80.9 cm³/mol. The molecule has 3 N–H and O–H groups in total. The quantitative estimate of drug-likeness (QED) is 0.833. The van der Waals surface area contributed by atoms with Crippen LogP contribution >= 0.6 is 11.3 Å². The minimum atomic E-state index is -0.0538. The molecule has 0 aliphatic carbocycles. The standard InChI is InChI=1S/C15H20N2O2S/c1-10-9-14(20-13(10)6-3-7-16)15(18)17-11(2)12-5-4-8-19-12/h9,11-12H,4-5,7-8,16H2,1-2H3,(H,17,18). The highest BCUT2D eigenvalue weighted by atomic mass is 32.1. The summed E-state index contributed by atoms with van der Waals surface area (Å²) in [7, 11) is 0. The van der Waals surface area contributed by atoms with Gasteiger partial charge in [-0.1, -0.05) is 11.8 Å². The molecule has 1 aromatic heterocycles. The maximum absolute atomic E-state index is 12.2. The van der Waals surface area contributed by atoms with Gasteiger partial charge < -0.3 is 15.8 Å². The second kappa shape index (κ2) is 6.89. The molecule has 1 fully saturated rings. The zero-order valence-corrected chi connectivity index (χ0v) is 12.7. The number of thiophene rings is 1. The summed E-state index contributed by atoms with van der Waals surface area (Å²) in [5.41, 5.74) is 6.39. The lowest BCUT2D eigenvalue weighted by atomic mass is 10.1. The molecule has 0 bridgehead atoms. The lowest BCUT2D eigenvalue weighted by Crippen LogP contribution is -2.40. The van der Waals surface area contributed by atoms with E-state index in [0.29, 0.717) is 11.4 Å². The van der Waals surface area contributed by atoms with Crippen molar-refractivity contribution in [1.29, 1.82) is 0 Å². The van der Waals surface area contributed by atoms with Gasteiger partial charge in [0.2, 0.25) is 0 Å². The Morgan fingerprint density at radius 3 is 3.15 bits per heavy atom. The summed E-state index contributed by atoms with van der Waals surface area (Å²) in [6.45, 7) is 5.07. The molecule has 1 saturated heterocycles. The van der Waals surface area contributed by atoms with Crippen LogP contribution in [-0.4, -0.2) is 31.2 Å². The molecule has 0 radical (unpaired) electrons. The van der Waals surface area contributed by atoms with E-state index in [1.54, 1.807) is 0 Å². The molecule has 2 atom stereocenters. The van der Waals surface area contributed by atoms with Gasteiger partial charge in [-0.15, -0.1) is 11.3 Å². The maximum Gasteiger partial charge on any atom is 0.261 e. The Kier molecular flexibility index (Phi) is 5.18. The lowest BCUT2D eigenvalue weighted by molar-refractivity contribution is 0.0714. The van der Waals surface area contributed by atoms with Crippen LogP contribution in [0.1, 0.15) is 39.9 Å². The molecule has 0 aromatic carbocycles.